The molecule has 0 atom stereocenters. The SMILES string of the molecule is O=C(NCC1(CO)CCCCC1)c1ccccc1S. The van der Waals surface area contributed by atoms with Crippen LogP contribution in [0.4, 0.5) is 0 Å². The van der Waals surface area contributed by atoms with Crippen LogP contribution in [0.5, 0.6) is 0 Å². The van der Waals surface area contributed by atoms with Crippen LogP contribution in [0.2, 0.25) is 0 Å². The quantitative estimate of drug-likeness (QED) is 0.742. The predicted octanol–water partition coefficient (Wildman–Crippen LogP) is 2.65. The number of rotatable bonds is 4. The lowest BCUT2D eigenvalue weighted by Gasteiger charge is -2.35. The average Bonchev–Trinajstić information content (AvgIpc) is 2.46. The average molecular weight is 279 g/mol. The van der Waals surface area contributed by atoms with Crippen molar-refractivity contribution >= 4 is 18.5 Å². The molecule has 1 aromatic carbocycles. The number of hydrogen-bond donors (Lipinski definition) is 3. The minimum Gasteiger partial charge on any atom is -0.396 e. The zero-order valence-corrected chi connectivity index (χ0v) is 12.0. The molecule has 0 radical (unpaired) electrons. The lowest BCUT2D eigenvalue weighted by atomic mass is 9.74. The van der Waals surface area contributed by atoms with E-state index in [0.29, 0.717) is 17.0 Å². The van der Waals surface area contributed by atoms with Crippen molar-refractivity contribution in [2.45, 2.75) is 37.0 Å². The Labute approximate surface area is 119 Å². The number of amides is 1. The van der Waals surface area contributed by atoms with E-state index in [1.54, 1.807) is 12.1 Å². The summed E-state index contributed by atoms with van der Waals surface area (Å²) >= 11 is 4.29. The van der Waals surface area contributed by atoms with E-state index < -0.39 is 0 Å². The van der Waals surface area contributed by atoms with Gasteiger partial charge >= 0.3 is 0 Å². The molecule has 0 aliphatic heterocycles. The highest BCUT2D eigenvalue weighted by Gasteiger charge is 2.31. The van der Waals surface area contributed by atoms with Gasteiger partial charge in [-0.1, -0.05) is 31.4 Å². The largest absolute Gasteiger partial charge is 0.396 e. The molecule has 1 saturated carbocycles. The van der Waals surface area contributed by atoms with Gasteiger partial charge in [-0.3, -0.25) is 4.79 Å². The van der Waals surface area contributed by atoms with Gasteiger partial charge < -0.3 is 10.4 Å². The number of carbonyl (C=O) groups excluding carboxylic acids is 1. The lowest BCUT2D eigenvalue weighted by Crippen LogP contribution is -2.41. The lowest BCUT2D eigenvalue weighted by molar-refractivity contribution is 0.0716. The molecule has 0 bridgehead atoms. The fraction of sp³-hybridized carbons (Fsp3) is 0.533. The van der Waals surface area contributed by atoms with Crippen LogP contribution in [0, 0.1) is 5.41 Å². The molecule has 104 valence electrons. The highest BCUT2D eigenvalue weighted by atomic mass is 32.1. The van der Waals surface area contributed by atoms with Gasteiger partial charge in [0.2, 0.25) is 0 Å². The summed E-state index contributed by atoms with van der Waals surface area (Å²) in [6.45, 7) is 0.695. The smallest absolute Gasteiger partial charge is 0.252 e. The van der Waals surface area contributed by atoms with Gasteiger partial charge in [0, 0.05) is 16.9 Å². The second-order valence-corrected chi connectivity index (χ2v) is 5.90. The zero-order chi connectivity index (χ0) is 13.7. The van der Waals surface area contributed by atoms with Crippen LogP contribution in [0.3, 0.4) is 0 Å². The van der Waals surface area contributed by atoms with Crippen molar-refractivity contribution in [1.82, 2.24) is 5.32 Å². The molecule has 19 heavy (non-hydrogen) atoms. The number of aliphatic hydroxyl groups excluding tert-OH is 1. The number of benzene rings is 1. The van der Waals surface area contributed by atoms with Crippen LogP contribution in [-0.2, 0) is 0 Å². The van der Waals surface area contributed by atoms with Crippen LogP contribution in [0.15, 0.2) is 29.2 Å². The minimum absolute atomic E-state index is 0.107. The molecule has 4 heteroatoms. The fourth-order valence-electron chi connectivity index (χ4n) is 2.72. The van der Waals surface area contributed by atoms with Crippen molar-refractivity contribution < 1.29 is 9.90 Å². The summed E-state index contributed by atoms with van der Waals surface area (Å²) in [6, 6.07) is 7.26. The Morgan fingerprint density at radius 3 is 2.58 bits per heavy atom. The molecule has 0 aromatic heterocycles. The normalized spacial score (nSPS) is 18.0. The molecular weight excluding hydrogens is 258 g/mol. The van der Waals surface area contributed by atoms with E-state index in [9.17, 15) is 9.90 Å². The van der Waals surface area contributed by atoms with Crippen LogP contribution in [0.1, 0.15) is 42.5 Å². The second-order valence-electron chi connectivity index (χ2n) is 5.42. The standard InChI is InChI=1S/C15H21NO2S/c17-11-15(8-4-1-5-9-15)10-16-14(18)12-6-2-3-7-13(12)19/h2-3,6-7,17,19H,1,4-5,8-11H2,(H,16,18). The van der Waals surface area contributed by atoms with E-state index in [1.807, 2.05) is 12.1 Å². The molecule has 2 N–H and O–H groups in total. The molecule has 1 aliphatic rings. The second kappa shape index (κ2) is 6.44. The van der Waals surface area contributed by atoms with Gasteiger partial charge in [-0.25, -0.2) is 0 Å². The first-order chi connectivity index (χ1) is 9.17. The van der Waals surface area contributed by atoms with Gasteiger partial charge in [0.1, 0.15) is 0 Å². The Hall–Kier alpha value is -1.00. The molecule has 1 aliphatic carbocycles. The van der Waals surface area contributed by atoms with E-state index in [1.165, 1.54) is 6.42 Å². The molecule has 1 fully saturated rings. The first-order valence-electron chi connectivity index (χ1n) is 6.84. The van der Waals surface area contributed by atoms with Crippen LogP contribution in [0.25, 0.3) is 0 Å². The van der Waals surface area contributed by atoms with Crippen molar-refractivity contribution in [3.63, 3.8) is 0 Å². The number of thiol groups is 1. The Balaban J connectivity index is 1.98. The fourth-order valence-corrected chi connectivity index (χ4v) is 2.98. The molecule has 0 heterocycles. The molecule has 1 aromatic rings. The summed E-state index contributed by atoms with van der Waals surface area (Å²) in [6.07, 6.45) is 5.49. The number of nitrogens with one attached hydrogen (secondary N) is 1. The Kier molecular flexibility index (Phi) is 4.88. The molecule has 0 spiro atoms. The van der Waals surface area contributed by atoms with E-state index in [0.717, 1.165) is 25.7 Å². The third-order valence-electron chi connectivity index (χ3n) is 4.02. The van der Waals surface area contributed by atoms with Crippen molar-refractivity contribution in [2.24, 2.45) is 5.41 Å². The Morgan fingerprint density at radius 1 is 1.26 bits per heavy atom. The van der Waals surface area contributed by atoms with Gasteiger partial charge in [-0.05, 0) is 25.0 Å². The molecule has 0 unspecified atom stereocenters. The highest BCUT2D eigenvalue weighted by molar-refractivity contribution is 7.80. The Bertz CT molecular complexity index is 442. The van der Waals surface area contributed by atoms with Crippen molar-refractivity contribution in [3.8, 4) is 0 Å². The maximum Gasteiger partial charge on any atom is 0.252 e. The predicted molar refractivity (Wildman–Crippen MR) is 78.6 cm³/mol. The number of hydrogen-bond acceptors (Lipinski definition) is 3. The van der Waals surface area contributed by atoms with Crippen LogP contribution in [-0.4, -0.2) is 24.2 Å². The van der Waals surface area contributed by atoms with Crippen molar-refractivity contribution in [3.05, 3.63) is 29.8 Å². The molecule has 3 nitrogen and oxygen atoms in total. The maximum atomic E-state index is 12.1. The summed E-state index contributed by atoms with van der Waals surface area (Å²) in [5.74, 6) is -0.107. The van der Waals surface area contributed by atoms with Gasteiger partial charge in [0.25, 0.3) is 5.91 Å². The molecule has 1 amide bonds. The highest BCUT2D eigenvalue weighted by Crippen LogP contribution is 2.35. The third-order valence-corrected chi connectivity index (χ3v) is 4.41. The van der Waals surface area contributed by atoms with E-state index >= 15 is 0 Å². The van der Waals surface area contributed by atoms with E-state index in [4.69, 9.17) is 0 Å². The first-order valence-corrected chi connectivity index (χ1v) is 7.29. The van der Waals surface area contributed by atoms with Gasteiger partial charge in [0.15, 0.2) is 0 Å². The van der Waals surface area contributed by atoms with Crippen LogP contribution >= 0.6 is 12.6 Å². The first kappa shape index (κ1) is 14.4. The van der Waals surface area contributed by atoms with Crippen molar-refractivity contribution in [2.75, 3.05) is 13.2 Å². The molecular formula is C15H21NO2S. The third kappa shape index (κ3) is 3.51. The van der Waals surface area contributed by atoms with E-state index in [-0.39, 0.29) is 17.9 Å². The minimum atomic E-state index is -0.126. The van der Waals surface area contributed by atoms with E-state index in [2.05, 4.69) is 17.9 Å². The number of carbonyl (C=O) groups is 1. The topological polar surface area (TPSA) is 49.3 Å². The monoisotopic (exact) mass is 279 g/mol. The molecule has 2 rings (SSSR count). The Morgan fingerprint density at radius 2 is 1.95 bits per heavy atom. The number of aliphatic hydroxyl groups is 1. The zero-order valence-electron chi connectivity index (χ0n) is 11.1. The van der Waals surface area contributed by atoms with Gasteiger partial charge in [0.05, 0.1) is 12.2 Å². The summed E-state index contributed by atoms with van der Waals surface area (Å²) < 4.78 is 0. The van der Waals surface area contributed by atoms with Gasteiger partial charge in [-0.2, -0.15) is 0 Å². The maximum absolute atomic E-state index is 12.1. The summed E-state index contributed by atoms with van der Waals surface area (Å²) in [4.78, 5) is 12.8. The molecule has 0 saturated heterocycles. The summed E-state index contributed by atoms with van der Waals surface area (Å²) in [5, 5.41) is 12.6. The summed E-state index contributed by atoms with van der Waals surface area (Å²) in [5.41, 5.74) is 0.467. The van der Waals surface area contributed by atoms with Crippen LogP contribution < -0.4 is 5.32 Å². The van der Waals surface area contributed by atoms with Gasteiger partial charge in [-0.15, -0.1) is 12.6 Å². The van der Waals surface area contributed by atoms with Crippen molar-refractivity contribution in [1.29, 1.82) is 0 Å². The summed E-state index contributed by atoms with van der Waals surface area (Å²) in [7, 11) is 0.